The maximum Gasteiger partial charge on any atom is 0.155 e. The molecule has 0 amide bonds. The van der Waals surface area contributed by atoms with Crippen LogP contribution in [0.25, 0.3) is 0 Å². The average molecular weight is 274 g/mol. The zero-order valence-electron chi connectivity index (χ0n) is 13.6. The summed E-state index contributed by atoms with van der Waals surface area (Å²) in [6.45, 7) is 9.10. The molecular weight excluding hydrogens is 244 g/mol. The molecule has 1 nitrogen and oxygen atoms in total. The molecule has 0 heterocycles. The van der Waals surface area contributed by atoms with Gasteiger partial charge in [0.1, 0.15) is 0 Å². The monoisotopic (exact) mass is 274 g/mol. The summed E-state index contributed by atoms with van der Waals surface area (Å²) in [6.07, 6.45) is 11.3. The van der Waals surface area contributed by atoms with Crippen molar-refractivity contribution in [3.05, 3.63) is 23.3 Å². The van der Waals surface area contributed by atoms with Crippen LogP contribution in [0.3, 0.4) is 0 Å². The molecule has 0 spiro atoms. The number of rotatable bonds is 4. The number of carbonyl (C=O) groups excluding carboxylic acids is 1. The minimum Gasteiger partial charge on any atom is -0.295 e. The van der Waals surface area contributed by atoms with Crippen LogP contribution >= 0.6 is 0 Å². The molecule has 2 rings (SSSR count). The van der Waals surface area contributed by atoms with Crippen LogP contribution in [-0.2, 0) is 4.79 Å². The number of hydrogen-bond donors (Lipinski definition) is 0. The molecule has 20 heavy (non-hydrogen) atoms. The van der Waals surface area contributed by atoms with Gasteiger partial charge in [0.15, 0.2) is 5.78 Å². The molecular formula is C19H30O. The van der Waals surface area contributed by atoms with Crippen molar-refractivity contribution >= 4 is 5.78 Å². The highest BCUT2D eigenvalue weighted by molar-refractivity contribution is 5.91. The van der Waals surface area contributed by atoms with Gasteiger partial charge in [0.05, 0.1) is 0 Å². The SMILES string of the molecule is CC(C)=CCC[C@H](C)[C@H]1CC[C@H](C)[C@@H]2CCC(=O)C=C21. The molecule has 112 valence electrons. The summed E-state index contributed by atoms with van der Waals surface area (Å²) >= 11 is 0. The Hall–Kier alpha value is -0.850. The van der Waals surface area contributed by atoms with Gasteiger partial charge in [-0.3, -0.25) is 4.79 Å². The highest BCUT2D eigenvalue weighted by Gasteiger charge is 2.36. The van der Waals surface area contributed by atoms with E-state index in [1.165, 1.54) is 36.8 Å². The second kappa shape index (κ2) is 6.74. The van der Waals surface area contributed by atoms with Crippen LogP contribution in [-0.4, -0.2) is 5.78 Å². The van der Waals surface area contributed by atoms with Crippen LogP contribution in [0.5, 0.6) is 0 Å². The Morgan fingerprint density at radius 1 is 1.35 bits per heavy atom. The van der Waals surface area contributed by atoms with Gasteiger partial charge in [-0.05, 0) is 75.7 Å². The summed E-state index contributed by atoms with van der Waals surface area (Å²) in [5, 5.41) is 0. The van der Waals surface area contributed by atoms with Gasteiger partial charge in [0.25, 0.3) is 0 Å². The molecule has 0 N–H and O–H groups in total. The number of fused-ring (bicyclic) bond motifs is 1. The summed E-state index contributed by atoms with van der Waals surface area (Å²) in [7, 11) is 0. The number of ketones is 1. The van der Waals surface area contributed by atoms with E-state index in [1.54, 1.807) is 0 Å². The predicted molar refractivity (Wildman–Crippen MR) is 85.5 cm³/mol. The Labute approximate surface area is 124 Å². The van der Waals surface area contributed by atoms with Gasteiger partial charge in [0, 0.05) is 6.42 Å². The topological polar surface area (TPSA) is 17.1 Å². The van der Waals surface area contributed by atoms with Crippen LogP contribution in [0.1, 0.15) is 66.2 Å². The van der Waals surface area contributed by atoms with Crippen molar-refractivity contribution in [2.75, 3.05) is 0 Å². The first kappa shape index (κ1) is 15.5. The van der Waals surface area contributed by atoms with Crippen LogP contribution in [0, 0.1) is 23.7 Å². The highest BCUT2D eigenvalue weighted by atomic mass is 16.1. The van der Waals surface area contributed by atoms with Crippen LogP contribution in [0.15, 0.2) is 23.3 Å². The summed E-state index contributed by atoms with van der Waals surface area (Å²) in [5.41, 5.74) is 2.92. The van der Waals surface area contributed by atoms with Crippen LogP contribution in [0.2, 0.25) is 0 Å². The van der Waals surface area contributed by atoms with E-state index in [4.69, 9.17) is 0 Å². The van der Waals surface area contributed by atoms with Crippen molar-refractivity contribution in [1.82, 2.24) is 0 Å². The van der Waals surface area contributed by atoms with E-state index in [2.05, 4.69) is 33.8 Å². The van der Waals surface area contributed by atoms with Gasteiger partial charge in [-0.1, -0.05) is 31.1 Å². The molecule has 2 aliphatic rings. The van der Waals surface area contributed by atoms with Crippen molar-refractivity contribution in [1.29, 1.82) is 0 Å². The third-order valence-corrected chi connectivity index (χ3v) is 5.37. The second-order valence-electron chi connectivity index (χ2n) is 7.25. The van der Waals surface area contributed by atoms with Crippen LogP contribution in [0.4, 0.5) is 0 Å². The largest absolute Gasteiger partial charge is 0.295 e. The van der Waals surface area contributed by atoms with Crippen LogP contribution < -0.4 is 0 Å². The summed E-state index contributed by atoms with van der Waals surface area (Å²) in [5.74, 6) is 3.20. The quantitative estimate of drug-likeness (QED) is 0.634. The fraction of sp³-hybridized carbons (Fsp3) is 0.737. The molecule has 0 radical (unpaired) electrons. The normalized spacial score (nSPS) is 31.3. The Morgan fingerprint density at radius 3 is 2.80 bits per heavy atom. The smallest absolute Gasteiger partial charge is 0.155 e. The van der Waals surface area contributed by atoms with E-state index in [9.17, 15) is 4.79 Å². The second-order valence-corrected chi connectivity index (χ2v) is 7.25. The minimum atomic E-state index is 0.367. The van der Waals surface area contributed by atoms with E-state index in [1.807, 2.05) is 6.08 Å². The van der Waals surface area contributed by atoms with Gasteiger partial charge < -0.3 is 0 Å². The molecule has 1 saturated carbocycles. The summed E-state index contributed by atoms with van der Waals surface area (Å²) in [4.78, 5) is 11.8. The molecule has 0 saturated heterocycles. The lowest BCUT2D eigenvalue weighted by Gasteiger charge is -2.41. The lowest BCUT2D eigenvalue weighted by atomic mass is 9.63. The zero-order valence-corrected chi connectivity index (χ0v) is 13.6. The number of allylic oxidation sites excluding steroid dienone is 4. The molecule has 1 fully saturated rings. The van der Waals surface area contributed by atoms with Crippen molar-refractivity contribution in [2.24, 2.45) is 23.7 Å². The lowest BCUT2D eigenvalue weighted by molar-refractivity contribution is -0.115. The van der Waals surface area contributed by atoms with Gasteiger partial charge in [0.2, 0.25) is 0 Å². The van der Waals surface area contributed by atoms with E-state index < -0.39 is 0 Å². The Kier molecular flexibility index (Phi) is 5.23. The fourth-order valence-electron chi connectivity index (χ4n) is 4.08. The fourth-order valence-corrected chi connectivity index (χ4v) is 4.08. The Morgan fingerprint density at radius 2 is 2.10 bits per heavy atom. The summed E-state index contributed by atoms with van der Waals surface area (Å²) in [6, 6.07) is 0. The molecule has 0 unspecified atom stereocenters. The molecule has 0 bridgehead atoms. The molecule has 0 aliphatic heterocycles. The highest BCUT2D eigenvalue weighted by Crippen LogP contribution is 2.46. The van der Waals surface area contributed by atoms with E-state index in [-0.39, 0.29) is 0 Å². The first-order valence-electron chi connectivity index (χ1n) is 8.36. The number of hydrogen-bond acceptors (Lipinski definition) is 1. The predicted octanol–water partition coefficient (Wildman–Crippen LogP) is 5.32. The van der Waals surface area contributed by atoms with Gasteiger partial charge in [-0.15, -0.1) is 0 Å². The first-order valence-corrected chi connectivity index (χ1v) is 8.36. The third-order valence-electron chi connectivity index (χ3n) is 5.37. The maximum atomic E-state index is 11.8. The Balaban J connectivity index is 2.06. The molecule has 0 aromatic heterocycles. The van der Waals surface area contributed by atoms with Crippen molar-refractivity contribution in [3.63, 3.8) is 0 Å². The van der Waals surface area contributed by atoms with Crippen molar-refractivity contribution in [3.8, 4) is 0 Å². The average Bonchev–Trinajstić information content (AvgIpc) is 2.38. The molecule has 2 aliphatic carbocycles. The standard InChI is InChI=1S/C19H30O/c1-13(2)6-5-7-14(3)17-10-8-15(4)18-11-9-16(20)12-19(17)18/h6,12,14-15,17-18H,5,7-11H2,1-4H3/t14-,15-,17+,18-/m0/s1. The maximum absolute atomic E-state index is 11.8. The van der Waals surface area contributed by atoms with Crippen molar-refractivity contribution in [2.45, 2.75) is 66.2 Å². The molecule has 4 atom stereocenters. The Bertz CT molecular complexity index is 411. The molecule has 0 aromatic carbocycles. The lowest BCUT2D eigenvalue weighted by Crippen LogP contribution is -2.32. The molecule has 0 aromatic rings. The summed E-state index contributed by atoms with van der Waals surface area (Å²) < 4.78 is 0. The van der Waals surface area contributed by atoms with E-state index in [0.29, 0.717) is 23.5 Å². The molecule has 1 heteroatoms. The number of carbonyl (C=O) groups is 1. The van der Waals surface area contributed by atoms with Crippen molar-refractivity contribution < 1.29 is 4.79 Å². The minimum absolute atomic E-state index is 0.367. The van der Waals surface area contributed by atoms with Gasteiger partial charge in [-0.25, -0.2) is 0 Å². The van der Waals surface area contributed by atoms with E-state index >= 15 is 0 Å². The zero-order chi connectivity index (χ0) is 14.7. The van der Waals surface area contributed by atoms with Gasteiger partial charge >= 0.3 is 0 Å². The first-order chi connectivity index (χ1) is 9.49. The third kappa shape index (κ3) is 3.62. The van der Waals surface area contributed by atoms with E-state index in [0.717, 1.165) is 18.8 Å². The van der Waals surface area contributed by atoms with Gasteiger partial charge in [-0.2, -0.15) is 0 Å².